The number of hydrogen-bond acceptors (Lipinski definition) is 5. The molecule has 0 saturated carbocycles. The summed E-state index contributed by atoms with van der Waals surface area (Å²) in [5.74, 6) is 0.871. The molecule has 0 bridgehead atoms. The van der Waals surface area contributed by atoms with Crippen LogP contribution in [0, 0.1) is 10.8 Å². The van der Waals surface area contributed by atoms with Crippen LogP contribution in [-0.4, -0.2) is 28.8 Å². The van der Waals surface area contributed by atoms with E-state index >= 15 is 0 Å². The highest BCUT2D eigenvalue weighted by Gasteiger charge is 2.36. The Morgan fingerprint density at radius 3 is 1.88 bits per heavy atom. The predicted molar refractivity (Wildman–Crippen MR) is 192 cm³/mol. The molecule has 244 valence electrons. The number of hydrogen-bond donors (Lipinski definition) is 1. The van der Waals surface area contributed by atoms with Crippen molar-refractivity contribution in [2.45, 2.75) is 145 Å². The second-order valence-corrected chi connectivity index (χ2v) is 20.7. The van der Waals surface area contributed by atoms with E-state index in [0.29, 0.717) is 6.61 Å². The van der Waals surface area contributed by atoms with Crippen LogP contribution in [0.1, 0.15) is 128 Å². The van der Waals surface area contributed by atoms with Crippen LogP contribution in [0.15, 0.2) is 36.4 Å². The van der Waals surface area contributed by atoms with Gasteiger partial charge >= 0.3 is 0 Å². The number of thiophene rings is 1. The second kappa shape index (κ2) is 16.4. The summed E-state index contributed by atoms with van der Waals surface area (Å²) in [5, 5.41) is 10.7. The average molecular weight is 647 g/mol. The molecule has 2 unspecified atom stereocenters. The van der Waals surface area contributed by atoms with E-state index in [2.05, 4.69) is 125 Å². The minimum atomic E-state index is -1.32. The Labute approximate surface area is 271 Å². The highest BCUT2D eigenvalue weighted by molar-refractivity contribution is 7.13. The summed E-state index contributed by atoms with van der Waals surface area (Å²) < 4.78 is 19.9. The van der Waals surface area contributed by atoms with Crippen LogP contribution in [0.4, 0.5) is 0 Å². The third-order valence-corrected chi connectivity index (χ3v) is 10.8. The normalized spacial score (nSPS) is 14.9. The van der Waals surface area contributed by atoms with Crippen molar-refractivity contribution in [3.05, 3.63) is 57.3 Å². The third kappa shape index (κ3) is 11.6. The first-order chi connectivity index (χ1) is 19.9. The van der Waals surface area contributed by atoms with E-state index in [0.717, 1.165) is 37.9 Å². The van der Waals surface area contributed by atoms with E-state index in [-0.39, 0.29) is 23.0 Å². The molecule has 0 radical (unpaired) electrons. The summed E-state index contributed by atoms with van der Waals surface area (Å²) in [6, 6.07) is 11.0. The van der Waals surface area contributed by atoms with Crippen molar-refractivity contribution in [2.24, 2.45) is 10.8 Å². The maximum atomic E-state index is 10.7. The van der Waals surface area contributed by atoms with E-state index in [4.69, 9.17) is 13.6 Å². The lowest BCUT2D eigenvalue weighted by molar-refractivity contribution is 0.0246. The van der Waals surface area contributed by atoms with Crippen molar-refractivity contribution in [3.8, 4) is 5.75 Å². The monoisotopic (exact) mass is 646 g/mol. The van der Waals surface area contributed by atoms with Gasteiger partial charge in [0.05, 0.1) is 17.8 Å². The Morgan fingerprint density at radius 1 is 0.837 bits per heavy atom. The Bertz CT molecular complexity index is 1150. The molecule has 0 aliphatic heterocycles. The van der Waals surface area contributed by atoms with Gasteiger partial charge in [0.2, 0.25) is 0 Å². The molecule has 2 rings (SSSR count). The van der Waals surface area contributed by atoms with Crippen LogP contribution >= 0.6 is 11.3 Å². The van der Waals surface area contributed by atoms with Crippen LogP contribution in [0.3, 0.4) is 0 Å². The summed E-state index contributed by atoms with van der Waals surface area (Å²) in [4.78, 5) is 2.50. The van der Waals surface area contributed by atoms with E-state index in [1.807, 2.05) is 0 Å². The van der Waals surface area contributed by atoms with Gasteiger partial charge in [-0.1, -0.05) is 74.5 Å². The summed E-state index contributed by atoms with van der Waals surface area (Å²) in [5.41, 5.74) is 3.10. The lowest BCUT2D eigenvalue weighted by Gasteiger charge is -2.39. The first-order valence-electron chi connectivity index (χ1n) is 16.5. The molecule has 1 N–H and O–H groups in total. The summed E-state index contributed by atoms with van der Waals surface area (Å²) >= 11 is 1.81. The third-order valence-electron chi connectivity index (χ3n) is 8.07. The zero-order chi connectivity index (χ0) is 32.6. The second-order valence-electron chi connectivity index (χ2n) is 14.8. The van der Waals surface area contributed by atoms with E-state index in [1.54, 1.807) is 11.3 Å². The van der Waals surface area contributed by atoms with Crippen LogP contribution in [0.2, 0.25) is 26.2 Å². The van der Waals surface area contributed by atoms with Crippen LogP contribution in [-0.2, 0) is 15.5 Å². The predicted octanol–water partition coefficient (Wildman–Crippen LogP) is 10.6. The number of rotatable bonds is 16. The van der Waals surface area contributed by atoms with Crippen molar-refractivity contribution in [1.29, 1.82) is 0 Å². The van der Waals surface area contributed by atoms with Gasteiger partial charge in [-0.15, -0.1) is 11.3 Å². The number of benzene rings is 1. The molecule has 2 aromatic rings. The standard InChI is InChI=1S/C36H62O4SSi2/c1-14-26(18-17-23-36(37,15-2)16-3)31-22-20-28(41-31)25-38-27-19-21-29(32(34(4,5)6)39-42(10)11)30(24-27)33(35(7,8)9)40-43(12)13/h18-22,24,32-33,37,42-43H,14-17,23,25H2,1-13H3/b26-18+. The largest absolute Gasteiger partial charge is 0.488 e. The fourth-order valence-electron chi connectivity index (χ4n) is 5.46. The molecule has 43 heavy (non-hydrogen) atoms. The van der Waals surface area contributed by atoms with Gasteiger partial charge in [0.1, 0.15) is 12.4 Å². The SMILES string of the molecule is CC/C(=C\CCC(O)(CC)CC)c1ccc(COc2ccc(C(O[SiH](C)C)C(C)(C)C)c(C(O[SiH](C)C)C(C)(C)C)c2)s1. The molecule has 7 heteroatoms. The van der Waals surface area contributed by atoms with Gasteiger partial charge in [-0.05, 0) is 110 Å². The average Bonchev–Trinajstić information content (AvgIpc) is 3.39. The molecule has 0 saturated heterocycles. The van der Waals surface area contributed by atoms with Gasteiger partial charge in [-0.25, -0.2) is 0 Å². The number of aliphatic hydroxyl groups is 1. The smallest absolute Gasteiger partial charge is 0.171 e. The molecule has 0 amide bonds. The molecule has 0 fully saturated rings. The van der Waals surface area contributed by atoms with Crippen molar-refractivity contribution in [2.75, 3.05) is 0 Å². The molecule has 0 spiro atoms. The fraction of sp³-hybridized carbons (Fsp3) is 0.667. The maximum absolute atomic E-state index is 10.7. The van der Waals surface area contributed by atoms with Gasteiger partial charge in [0.25, 0.3) is 0 Å². The van der Waals surface area contributed by atoms with E-state index in [1.165, 1.54) is 26.5 Å². The summed E-state index contributed by atoms with van der Waals surface area (Å²) in [6.07, 6.45) is 6.55. The highest BCUT2D eigenvalue weighted by Crippen LogP contribution is 2.46. The molecular formula is C36H62O4SSi2. The van der Waals surface area contributed by atoms with Crippen molar-refractivity contribution in [1.82, 2.24) is 0 Å². The fourth-order valence-corrected chi connectivity index (χ4v) is 8.69. The van der Waals surface area contributed by atoms with Crippen LogP contribution in [0.25, 0.3) is 5.57 Å². The quantitative estimate of drug-likeness (QED) is 0.184. The lowest BCUT2D eigenvalue weighted by Crippen LogP contribution is -2.31. The Balaban J connectivity index is 2.38. The van der Waals surface area contributed by atoms with Gasteiger partial charge in [-0.2, -0.15) is 0 Å². The summed E-state index contributed by atoms with van der Waals surface area (Å²) in [7, 11) is -2.62. The molecule has 0 aliphatic carbocycles. The first-order valence-corrected chi connectivity index (χ1v) is 22.9. The minimum absolute atomic E-state index is 0.00440. The van der Waals surface area contributed by atoms with Gasteiger partial charge in [-0.3, -0.25) is 0 Å². The zero-order valence-corrected chi connectivity index (χ0v) is 32.7. The zero-order valence-electron chi connectivity index (χ0n) is 29.6. The van der Waals surface area contributed by atoms with Crippen LogP contribution < -0.4 is 4.74 Å². The lowest BCUT2D eigenvalue weighted by atomic mass is 9.77. The first kappa shape index (κ1) is 38.0. The Kier molecular flexibility index (Phi) is 14.4. The molecule has 1 aromatic carbocycles. The van der Waals surface area contributed by atoms with Gasteiger partial charge < -0.3 is 18.7 Å². The van der Waals surface area contributed by atoms with Crippen molar-refractivity contribution >= 4 is 35.0 Å². The van der Waals surface area contributed by atoms with Gasteiger partial charge in [0, 0.05) is 9.75 Å². The number of allylic oxidation sites excluding steroid dienone is 2. The molecule has 4 nitrogen and oxygen atoms in total. The van der Waals surface area contributed by atoms with Gasteiger partial charge in [0.15, 0.2) is 18.1 Å². The molecule has 0 aliphatic rings. The molecular weight excluding hydrogens is 585 g/mol. The Morgan fingerprint density at radius 2 is 1.40 bits per heavy atom. The maximum Gasteiger partial charge on any atom is 0.171 e. The highest BCUT2D eigenvalue weighted by atomic mass is 32.1. The van der Waals surface area contributed by atoms with E-state index < -0.39 is 23.7 Å². The molecule has 1 aromatic heterocycles. The molecule has 2 atom stereocenters. The minimum Gasteiger partial charge on any atom is -0.488 e. The Hall–Kier alpha value is -1.23. The van der Waals surface area contributed by atoms with Crippen LogP contribution in [0.5, 0.6) is 5.75 Å². The summed E-state index contributed by atoms with van der Waals surface area (Å²) in [6.45, 7) is 29.5. The van der Waals surface area contributed by atoms with Crippen molar-refractivity contribution in [3.63, 3.8) is 0 Å². The molecule has 1 heterocycles. The van der Waals surface area contributed by atoms with Crippen molar-refractivity contribution < 1.29 is 18.7 Å². The number of ether oxygens (including phenoxy) is 1. The van der Waals surface area contributed by atoms with E-state index in [9.17, 15) is 5.11 Å². The topological polar surface area (TPSA) is 47.9 Å².